The van der Waals surface area contributed by atoms with Gasteiger partial charge in [-0.05, 0) is 19.9 Å². The monoisotopic (exact) mass is 210 g/mol. The van der Waals surface area contributed by atoms with Crippen molar-refractivity contribution in [1.29, 1.82) is 0 Å². The zero-order valence-electron chi connectivity index (χ0n) is 9.32. The van der Waals surface area contributed by atoms with Crippen molar-refractivity contribution >= 4 is 0 Å². The first-order valence-corrected chi connectivity index (χ1v) is 5.55. The minimum atomic E-state index is 0.340. The maximum atomic E-state index is 5.54. The summed E-state index contributed by atoms with van der Waals surface area (Å²) in [5.74, 6) is 1.39. The van der Waals surface area contributed by atoms with E-state index >= 15 is 0 Å². The molecule has 2 atom stereocenters. The van der Waals surface area contributed by atoms with Crippen LogP contribution < -0.4 is 5.32 Å². The van der Waals surface area contributed by atoms with Gasteiger partial charge >= 0.3 is 0 Å². The Balaban J connectivity index is 2.04. The van der Waals surface area contributed by atoms with Crippen LogP contribution in [0, 0.1) is 0 Å². The van der Waals surface area contributed by atoms with Crippen LogP contribution in [0.3, 0.4) is 0 Å². The number of nitrogens with one attached hydrogen (secondary N) is 1. The Morgan fingerprint density at radius 2 is 2.47 bits per heavy atom. The van der Waals surface area contributed by atoms with E-state index in [0.29, 0.717) is 12.0 Å². The van der Waals surface area contributed by atoms with Crippen molar-refractivity contribution in [2.24, 2.45) is 0 Å². The lowest BCUT2D eigenvalue weighted by atomic mass is 10.0. The van der Waals surface area contributed by atoms with Gasteiger partial charge in [0.2, 0.25) is 0 Å². The van der Waals surface area contributed by atoms with Crippen LogP contribution in [-0.2, 0) is 11.3 Å². The number of aromatic nitrogens is 1. The van der Waals surface area contributed by atoms with Crippen LogP contribution in [0.1, 0.15) is 37.6 Å². The molecule has 0 bridgehead atoms. The molecule has 1 N–H and O–H groups in total. The van der Waals surface area contributed by atoms with E-state index in [4.69, 9.17) is 9.15 Å². The van der Waals surface area contributed by atoms with Crippen molar-refractivity contribution in [1.82, 2.24) is 10.3 Å². The molecule has 0 aromatic carbocycles. The van der Waals surface area contributed by atoms with E-state index in [0.717, 1.165) is 37.6 Å². The summed E-state index contributed by atoms with van der Waals surface area (Å²) in [4.78, 5) is 4.24. The summed E-state index contributed by atoms with van der Waals surface area (Å²) < 4.78 is 11.0. The predicted molar refractivity (Wildman–Crippen MR) is 56.7 cm³/mol. The first kappa shape index (κ1) is 10.6. The fourth-order valence-electron chi connectivity index (χ4n) is 1.99. The molecule has 0 saturated carbocycles. The van der Waals surface area contributed by atoms with Crippen molar-refractivity contribution in [3.05, 3.63) is 17.8 Å². The second kappa shape index (κ2) is 4.77. The molecule has 1 aromatic heterocycles. The van der Waals surface area contributed by atoms with E-state index in [1.807, 2.05) is 0 Å². The molecule has 4 nitrogen and oxygen atoms in total. The molecule has 1 saturated heterocycles. The van der Waals surface area contributed by atoms with E-state index in [1.165, 1.54) is 6.39 Å². The molecule has 15 heavy (non-hydrogen) atoms. The van der Waals surface area contributed by atoms with Crippen molar-refractivity contribution in [3.8, 4) is 0 Å². The van der Waals surface area contributed by atoms with Gasteiger partial charge in [-0.25, -0.2) is 4.98 Å². The molecule has 2 unspecified atom stereocenters. The third-order valence-corrected chi connectivity index (χ3v) is 2.78. The van der Waals surface area contributed by atoms with Gasteiger partial charge in [-0.1, -0.05) is 6.92 Å². The van der Waals surface area contributed by atoms with Crippen LogP contribution in [0.5, 0.6) is 0 Å². The minimum absolute atomic E-state index is 0.340. The molecule has 1 fully saturated rings. The van der Waals surface area contributed by atoms with Gasteiger partial charge in [0.25, 0.3) is 0 Å². The molecular formula is C11H18N2O2. The largest absolute Gasteiger partial charge is 0.448 e. The van der Waals surface area contributed by atoms with Crippen molar-refractivity contribution in [2.75, 3.05) is 13.2 Å². The number of hydrogen-bond acceptors (Lipinski definition) is 4. The molecule has 2 rings (SSSR count). The smallest absolute Gasteiger partial charge is 0.181 e. The molecule has 0 radical (unpaired) electrons. The second-order valence-corrected chi connectivity index (χ2v) is 4.02. The maximum absolute atomic E-state index is 5.54. The first-order chi connectivity index (χ1) is 7.31. The molecule has 2 heterocycles. The third kappa shape index (κ3) is 2.38. The summed E-state index contributed by atoms with van der Waals surface area (Å²) >= 11 is 0. The molecular weight excluding hydrogens is 192 g/mol. The Bertz CT molecular complexity index is 311. The lowest BCUT2D eigenvalue weighted by Gasteiger charge is -2.06. The zero-order valence-corrected chi connectivity index (χ0v) is 9.32. The van der Waals surface area contributed by atoms with E-state index in [9.17, 15) is 0 Å². The number of oxazole rings is 1. The summed E-state index contributed by atoms with van der Waals surface area (Å²) in [5, 5.41) is 3.26. The quantitative estimate of drug-likeness (QED) is 0.821. The summed E-state index contributed by atoms with van der Waals surface area (Å²) in [6, 6.07) is 0. The minimum Gasteiger partial charge on any atom is -0.448 e. The van der Waals surface area contributed by atoms with Gasteiger partial charge in [-0.15, -0.1) is 0 Å². The molecule has 1 aliphatic heterocycles. The summed E-state index contributed by atoms with van der Waals surface area (Å²) in [6.07, 6.45) is 2.91. The van der Waals surface area contributed by atoms with Crippen LogP contribution in [0.25, 0.3) is 0 Å². The van der Waals surface area contributed by atoms with Gasteiger partial charge in [0.15, 0.2) is 6.39 Å². The summed E-state index contributed by atoms with van der Waals surface area (Å²) in [5.41, 5.74) is 1.03. The van der Waals surface area contributed by atoms with Crippen molar-refractivity contribution in [2.45, 2.75) is 38.8 Å². The Kier molecular flexibility index (Phi) is 3.38. The lowest BCUT2D eigenvalue weighted by Crippen LogP contribution is -2.14. The SMILES string of the molecule is CCNCc1ncoc1C1COC(C)C1. The van der Waals surface area contributed by atoms with E-state index < -0.39 is 0 Å². The van der Waals surface area contributed by atoms with Crippen LogP contribution in [0.2, 0.25) is 0 Å². The fraction of sp³-hybridized carbons (Fsp3) is 0.727. The summed E-state index contributed by atoms with van der Waals surface area (Å²) in [7, 11) is 0. The van der Waals surface area contributed by atoms with Crippen molar-refractivity contribution in [3.63, 3.8) is 0 Å². The average Bonchev–Trinajstić information content (AvgIpc) is 2.82. The molecule has 84 valence electrons. The predicted octanol–water partition coefficient (Wildman–Crippen LogP) is 1.68. The Hall–Kier alpha value is -0.870. The average molecular weight is 210 g/mol. The Morgan fingerprint density at radius 1 is 1.60 bits per heavy atom. The molecule has 1 aromatic rings. The topological polar surface area (TPSA) is 47.3 Å². The fourth-order valence-corrected chi connectivity index (χ4v) is 1.99. The maximum Gasteiger partial charge on any atom is 0.181 e. The van der Waals surface area contributed by atoms with Crippen LogP contribution in [0.15, 0.2) is 10.8 Å². The molecule has 0 amide bonds. The highest BCUT2D eigenvalue weighted by Crippen LogP contribution is 2.30. The van der Waals surface area contributed by atoms with Crippen LogP contribution in [-0.4, -0.2) is 24.2 Å². The Labute approximate surface area is 90.0 Å². The highest BCUT2D eigenvalue weighted by molar-refractivity contribution is 5.14. The van der Waals surface area contributed by atoms with Gasteiger partial charge in [-0.3, -0.25) is 0 Å². The standard InChI is InChI=1S/C11H18N2O2/c1-3-12-5-10-11(15-7-13-10)9-4-8(2)14-6-9/h7-9,12H,3-6H2,1-2H3. The van der Waals surface area contributed by atoms with E-state index in [1.54, 1.807) is 0 Å². The highest BCUT2D eigenvalue weighted by atomic mass is 16.5. The van der Waals surface area contributed by atoms with Gasteiger partial charge in [0.05, 0.1) is 18.4 Å². The highest BCUT2D eigenvalue weighted by Gasteiger charge is 2.28. The van der Waals surface area contributed by atoms with E-state index in [-0.39, 0.29) is 0 Å². The molecule has 4 heteroatoms. The zero-order chi connectivity index (χ0) is 10.7. The van der Waals surface area contributed by atoms with Gasteiger partial charge < -0.3 is 14.5 Å². The number of ether oxygens (including phenoxy) is 1. The van der Waals surface area contributed by atoms with Crippen LogP contribution >= 0.6 is 0 Å². The van der Waals surface area contributed by atoms with Gasteiger partial charge in [-0.2, -0.15) is 0 Å². The first-order valence-electron chi connectivity index (χ1n) is 5.55. The van der Waals surface area contributed by atoms with E-state index in [2.05, 4.69) is 24.1 Å². The second-order valence-electron chi connectivity index (χ2n) is 4.02. The number of hydrogen-bond donors (Lipinski definition) is 1. The molecule has 1 aliphatic rings. The molecule has 0 spiro atoms. The normalized spacial score (nSPS) is 26.0. The van der Waals surface area contributed by atoms with Gasteiger partial charge in [0.1, 0.15) is 5.76 Å². The van der Waals surface area contributed by atoms with Crippen molar-refractivity contribution < 1.29 is 9.15 Å². The van der Waals surface area contributed by atoms with Crippen LogP contribution in [0.4, 0.5) is 0 Å². The molecule has 0 aliphatic carbocycles. The number of nitrogens with zero attached hydrogens (tertiary/aromatic N) is 1. The van der Waals surface area contributed by atoms with Gasteiger partial charge in [0, 0.05) is 12.5 Å². The third-order valence-electron chi connectivity index (χ3n) is 2.78. The lowest BCUT2D eigenvalue weighted by molar-refractivity contribution is 0.122. The Morgan fingerprint density at radius 3 is 3.13 bits per heavy atom. The number of rotatable bonds is 4. The summed E-state index contributed by atoms with van der Waals surface area (Å²) in [6.45, 7) is 6.67.